The fourth-order valence-electron chi connectivity index (χ4n) is 3.58. The third-order valence-electron chi connectivity index (χ3n) is 5.26. The van der Waals surface area contributed by atoms with Crippen LogP contribution < -0.4 is 10.2 Å². The van der Waals surface area contributed by atoms with Crippen molar-refractivity contribution in [1.29, 1.82) is 0 Å². The Kier molecular flexibility index (Phi) is 7.02. The lowest BCUT2D eigenvalue weighted by atomic mass is 10.1. The molecular weight excluding hydrogens is 445 g/mol. The zero-order valence-corrected chi connectivity index (χ0v) is 19.3. The van der Waals surface area contributed by atoms with Crippen LogP contribution >= 0.6 is 23.6 Å². The number of anilines is 2. The molecule has 0 saturated carbocycles. The van der Waals surface area contributed by atoms with Gasteiger partial charge >= 0.3 is 5.97 Å². The Morgan fingerprint density at radius 1 is 1.09 bits per heavy atom. The van der Waals surface area contributed by atoms with Gasteiger partial charge in [0.1, 0.15) is 10.8 Å². The maximum absolute atomic E-state index is 13.2. The van der Waals surface area contributed by atoms with Crippen LogP contribution in [0, 0.1) is 5.82 Å². The number of hydrogen-bond donors (Lipinski definition) is 1. The molecule has 5 nitrogen and oxygen atoms in total. The summed E-state index contributed by atoms with van der Waals surface area (Å²) in [5, 5.41) is 4.55. The van der Waals surface area contributed by atoms with Crippen LogP contribution in [0.2, 0.25) is 0 Å². The summed E-state index contributed by atoms with van der Waals surface area (Å²) in [6.07, 6.45) is 0. The zero-order valence-electron chi connectivity index (χ0n) is 17.7. The molecule has 32 heavy (non-hydrogen) atoms. The number of piperazine rings is 1. The first-order valence-corrected chi connectivity index (χ1v) is 11.7. The normalized spacial score (nSPS) is 13.7. The number of rotatable bonds is 5. The van der Waals surface area contributed by atoms with E-state index in [1.54, 1.807) is 19.1 Å². The minimum atomic E-state index is -0.364. The summed E-state index contributed by atoms with van der Waals surface area (Å²) in [5.41, 5.74) is 2.53. The third kappa shape index (κ3) is 5.08. The number of ether oxygens (including phenoxy) is 1. The van der Waals surface area contributed by atoms with Crippen LogP contribution in [0.15, 0.2) is 60.7 Å². The maximum atomic E-state index is 13.2. The van der Waals surface area contributed by atoms with Crippen molar-refractivity contribution < 1.29 is 13.9 Å². The Hall–Kier alpha value is -2.97. The van der Waals surface area contributed by atoms with Crippen LogP contribution in [0.25, 0.3) is 10.4 Å². The maximum Gasteiger partial charge on any atom is 0.341 e. The minimum Gasteiger partial charge on any atom is -0.462 e. The van der Waals surface area contributed by atoms with Crippen LogP contribution in [0.3, 0.4) is 0 Å². The molecule has 3 aromatic rings. The van der Waals surface area contributed by atoms with Crippen LogP contribution in [-0.4, -0.2) is 48.8 Å². The molecule has 1 aliphatic rings. The number of nitrogens with one attached hydrogen (secondary N) is 1. The second-order valence-corrected chi connectivity index (χ2v) is 8.76. The van der Waals surface area contributed by atoms with Gasteiger partial charge in [-0.1, -0.05) is 30.3 Å². The molecule has 0 bridgehead atoms. The number of nitrogens with zero attached hydrogens (tertiary/aromatic N) is 2. The summed E-state index contributed by atoms with van der Waals surface area (Å²) >= 11 is 7.15. The molecular formula is C24H24FN3O2S2. The molecule has 0 radical (unpaired) electrons. The van der Waals surface area contributed by atoms with E-state index in [1.807, 2.05) is 36.4 Å². The Morgan fingerprint density at radius 2 is 1.78 bits per heavy atom. The average molecular weight is 470 g/mol. The highest BCUT2D eigenvalue weighted by Crippen LogP contribution is 2.36. The van der Waals surface area contributed by atoms with Gasteiger partial charge in [-0.05, 0) is 55.0 Å². The second-order valence-electron chi connectivity index (χ2n) is 7.32. The van der Waals surface area contributed by atoms with E-state index in [4.69, 9.17) is 17.0 Å². The molecule has 1 fully saturated rings. The van der Waals surface area contributed by atoms with E-state index in [9.17, 15) is 9.18 Å². The summed E-state index contributed by atoms with van der Waals surface area (Å²) in [7, 11) is 0. The molecule has 0 amide bonds. The molecule has 1 N–H and O–H groups in total. The molecule has 4 rings (SSSR count). The van der Waals surface area contributed by atoms with E-state index >= 15 is 0 Å². The number of halogens is 1. The van der Waals surface area contributed by atoms with Crippen molar-refractivity contribution >= 4 is 45.3 Å². The Balaban J connectivity index is 1.46. The van der Waals surface area contributed by atoms with E-state index in [-0.39, 0.29) is 11.8 Å². The van der Waals surface area contributed by atoms with Gasteiger partial charge in [0.05, 0.1) is 12.2 Å². The van der Waals surface area contributed by atoms with Gasteiger partial charge in [-0.3, -0.25) is 0 Å². The van der Waals surface area contributed by atoms with Gasteiger partial charge in [-0.2, -0.15) is 0 Å². The predicted octanol–water partition coefficient (Wildman–Crippen LogP) is 5.25. The summed E-state index contributed by atoms with van der Waals surface area (Å²) in [5.74, 6) is -0.599. The number of carbonyl (C=O) groups excluding carboxylic acids is 1. The molecule has 166 valence electrons. The Morgan fingerprint density at radius 3 is 2.44 bits per heavy atom. The Bertz CT molecular complexity index is 1080. The fraction of sp³-hybridized carbons (Fsp3) is 0.250. The lowest BCUT2D eigenvalue weighted by Gasteiger charge is -2.37. The van der Waals surface area contributed by atoms with E-state index in [2.05, 4.69) is 15.1 Å². The summed E-state index contributed by atoms with van der Waals surface area (Å²) in [6.45, 7) is 5.12. The largest absolute Gasteiger partial charge is 0.462 e. The van der Waals surface area contributed by atoms with Crippen molar-refractivity contribution in [1.82, 2.24) is 4.90 Å². The first kappa shape index (κ1) is 22.2. The van der Waals surface area contributed by atoms with Crippen LogP contribution in [0.1, 0.15) is 17.3 Å². The van der Waals surface area contributed by atoms with Crippen molar-refractivity contribution in [2.45, 2.75) is 6.92 Å². The van der Waals surface area contributed by atoms with Crippen LogP contribution in [-0.2, 0) is 4.74 Å². The minimum absolute atomic E-state index is 0.235. The highest BCUT2D eigenvalue weighted by atomic mass is 32.1. The van der Waals surface area contributed by atoms with E-state index in [0.717, 1.165) is 42.3 Å². The van der Waals surface area contributed by atoms with Crippen LogP contribution in [0.5, 0.6) is 0 Å². The number of hydrogen-bond acceptors (Lipinski definition) is 5. The van der Waals surface area contributed by atoms with Gasteiger partial charge < -0.3 is 19.9 Å². The quantitative estimate of drug-likeness (QED) is 0.407. The lowest BCUT2D eigenvalue weighted by Crippen LogP contribution is -2.50. The van der Waals surface area contributed by atoms with Gasteiger partial charge in [0.15, 0.2) is 5.11 Å². The molecule has 2 heterocycles. The van der Waals surface area contributed by atoms with Crippen molar-refractivity contribution in [2.24, 2.45) is 0 Å². The van der Waals surface area contributed by atoms with Crippen molar-refractivity contribution in [3.05, 3.63) is 72.0 Å². The predicted molar refractivity (Wildman–Crippen MR) is 132 cm³/mol. The number of esters is 1. The molecule has 0 aliphatic carbocycles. The first-order chi connectivity index (χ1) is 15.5. The standard InChI is InChI=1S/C24H24FN3O2S2/c1-2-30-23(29)20-16-21(17-6-4-3-5-7-17)32-22(20)26-24(31)28-14-12-27(13-15-28)19-10-8-18(25)9-11-19/h3-11,16H,2,12-15H2,1H3,(H,26,31). The van der Waals surface area contributed by atoms with E-state index in [0.29, 0.717) is 22.3 Å². The molecule has 0 atom stereocenters. The van der Waals surface area contributed by atoms with E-state index < -0.39 is 0 Å². The molecule has 1 saturated heterocycles. The molecule has 2 aromatic carbocycles. The zero-order chi connectivity index (χ0) is 22.5. The highest BCUT2D eigenvalue weighted by molar-refractivity contribution is 7.80. The lowest BCUT2D eigenvalue weighted by molar-refractivity contribution is 0.0528. The Labute approximate surface area is 196 Å². The van der Waals surface area contributed by atoms with Gasteiger partial charge in [0, 0.05) is 36.7 Å². The molecule has 0 unspecified atom stereocenters. The fourth-order valence-corrected chi connectivity index (χ4v) is 4.98. The summed E-state index contributed by atoms with van der Waals surface area (Å²) < 4.78 is 18.4. The number of carbonyl (C=O) groups is 1. The van der Waals surface area contributed by atoms with Crippen molar-refractivity contribution in [2.75, 3.05) is 43.0 Å². The van der Waals surface area contributed by atoms with Gasteiger partial charge in [-0.25, -0.2) is 9.18 Å². The summed E-state index contributed by atoms with van der Waals surface area (Å²) in [4.78, 5) is 17.8. The third-order valence-corrected chi connectivity index (χ3v) is 6.72. The van der Waals surface area contributed by atoms with Gasteiger partial charge in [-0.15, -0.1) is 11.3 Å². The highest BCUT2D eigenvalue weighted by Gasteiger charge is 2.23. The van der Waals surface area contributed by atoms with E-state index in [1.165, 1.54) is 23.5 Å². The molecule has 1 aromatic heterocycles. The number of benzene rings is 2. The second kappa shape index (κ2) is 10.1. The SMILES string of the molecule is CCOC(=O)c1cc(-c2ccccc2)sc1NC(=S)N1CCN(c2ccc(F)cc2)CC1. The average Bonchev–Trinajstić information content (AvgIpc) is 3.24. The monoisotopic (exact) mass is 469 g/mol. The molecule has 1 aliphatic heterocycles. The molecule has 0 spiro atoms. The first-order valence-electron chi connectivity index (χ1n) is 10.5. The van der Waals surface area contributed by atoms with Gasteiger partial charge in [0.2, 0.25) is 0 Å². The van der Waals surface area contributed by atoms with Gasteiger partial charge in [0.25, 0.3) is 0 Å². The topological polar surface area (TPSA) is 44.8 Å². The van der Waals surface area contributed by atoms with Crippen molar-refractivity contribution in [3.63, 3.8) is 0 Å². The summed E-state index contributed by atoms with van der Waals surface area (Å²) in [6, 6.07) is 18.3. The number of thiophene rings is 1. The van der Waals surface area contributed by atoms with Crippen LogP contribution in [0.4, 0.5) is 15.1 Å². The number of thiocarbonyl (C=S) groups is 1. The molecule has 8 heteroatoms. The van der Waals surface area contributed by atoms with Crippen molar-refractivity contribution in [3.8, 4) is 10.4 Å². The smallest absolute Gasteiger partial charge is 0.341 e.